The van der Waals surface area contributed by atoms with Crippen LogP contribution in [0.5, 0.6) is 0 Å². The molecule has 0 spiro atoms. The summed E-state index contributed by atoms with van der Waals surface area (Å²) < 4.78 is 62.8. The lowest BCUT2D eigenvalue weighted by Crippen LogP contribution is -2.38. The van der Waals surface area contributed by atoms with Crippen LogP contribution in [0, 0.1) is 0 Å². The minimum absolute atomic E-state index is 0.0676. The molecular formula is C20H20F3N3O4S. The Labute approximate surface area is 177 Å². The number of carbonyl (C=O) groups excluding carboxylic acids is 2. The predicted molar refractivity (Wildman–Crippen MR) is 105 cm³/mol. The standard InChI is InChI=1S/C20H20F3N3O4S/c1-31(29,30)15-5-3-14(4-6-15)18(27)25-9-2-10-26(12-11-25)19(28)16-13-24-8-7-17(16)20(21,22)23/h3-8,13H,2,9-12H2,1H3. The van der Waals surface area contributed by atoms with E-state index in [1.807, 2.05) is 0 Å². The second-order valence-corrected chi connectivity index (χ2v) is 9.17. The Bertz CT molecular complexity index is 1090. The molecule has 1 aliphatic rings. The van der Waals surface area contributed by atoms with Crippen molar-refractivity contribution in [3.05, 3.63) is 59.4 Å². The van der Waals surface area contributed by atoms with E-state index in [0.29, 0.717) is 18.5 Å². The second-order valence-electron chi connectivity index (χ2n) is 7.15. The first-order valence-corrected chi connectivity index (χ1v) is 11.3. The number of amides is 2. The van der Waals surface area contributed by atoms with Gasteiger partial charge in [-0.25, -0.2) is 8.42 Å². The van der Waals surface area contributed by atoms with Gasteiger partial charge in [0.25, 0.3) is 11.8 Å². The van der Waals surface area contributed by atoms with Gasteiger partial charge in [-0.1, -0.05) is 0 Å². The summed E-state index contributed by atoms with van der Waals surface area (Å²) in [5, 5.41) is 0. The van der Waals surface area contributed by atoms with Crippen LogP contribution in [0.1, 0.15) is 32.7 Å². The van der Waals surface area contributed by atoms with Crippen LogP contribution < -0.4 is 0 Å². The van der Waals surface area contributed by atoms with E-state index in [1.165, 1.54) is 34.1 Å². The average Bonchev–Trinajstić information content (AvgIpc) is 2.98. The molecule has 0 unspecified atom stereocenters. The lowest BCUT2D eigenvalue weighted by atomic mass is 10.1. The second kappa shape index (κ2) is 8.66. The fraction of sp³-hybridized carbons (Fsp3) is 0.350. The molecule has 2 aromatic rings. The third-order valence-corrected chi connectivity index (χ3v) is 6.09. The van der Waals surface area contributed by atoms with Crippen LogP contribution in [0.4, 0.5) is 13.2 Å². The van der Waals surface area contributed by atoms with Gasteiger partial charge in [0.2, 0.25) is 0 Å². The molecule has 1 saturated heterocycles. The van der Waals surface area contributed by atoms with Crippen LogP contribution in [-0.2, 0) is 16.0 Å². The van der Waals surface area contributed by atoms with E-state index in [2.05, 4.69) is 4.98 Å². The molecule has 1 fully saturated rings. The van der Waals surface area contributed by atoms with Crippen molar-refractivity contribution in [1.29, 1.82) is 0 Å². The summed E-state index contributed by atoms with van der Waals surface area (Å²) in [5.74, 6) is -1.13. The molecule has 0 saturated carbocycles. The quantitative estimate of drug-likeness (QED) is 0.710. The first kappa shape index (κ1) is 22.7. The Morgan fingerprint density at radius 2 is 1.52 bits per heavy atom. The van der Waals surface area contributed by atoms with Gasteiger partial charge in [0.1, 0.15) is 0 Å². The summed E-state index contributed by atoms with van der Waals surface area (Å²) in [7, 11) is -3.39. The Hall–Kier alpha value is -2.95. The monoisotopic (exact) mass is 455 g/mol. The minimum Gasteiger partial charge on any atom is -0.337 e. The topological polar surface area (TPSA) is 87.7 Å². The van der Waals surface area contributed by atoms with E-state index in [-0.39, 0.29) is 30.4 Å². The molecule has 0 aliphatic carbocycles. The summed E-state index contributed by atoms with van der Waals surface area (Å²) in [6.45, 7) is 0.718. The Kier molecular flexibility index (Phi) is 6.35. The highest BCUT2D eigenvalue weighted by Crippen LogP contribution is 2.32. The van der Waals surface area contributed by atoms with Crippen LogP contribution >= 0.6 is 0 Å². The van der Waals surface area contributed by atoms with Gasteiger partial charge in [-0.3, -0.25) is 14.6 Å². The number of halogens is 3. The predicted octanol–water partition coefficient (Wildman–Crippen LogP) is 2.49. The van der Waals surface area contributed by atoms with Crippen LogP contribution in [0.15, 0.2) is 47.6 Å². The number of pyridine rings is 1. The van der Waals surface area contributed by atoms with Crippen molar-refractivity contribution in [1.82, 2.24) is 14.8 Å². The number of carbonyl (C=O) groups is 2. The molecule has 0 N–H and O–H groups in total. The van der Waals surface area contributed by atoms with Gasteiger partial charge in [-0.05, 0) is 36.8 Å². The molecule has 0 radical (unpaired) electrons. The first-order valence-electron chi connectivity index (χ1n) is 9.38. The number of rotatable bonds is 3. The third-order valence-electron chi connectivity index (χ3n) is 4.96. The van der Waals surface area contributed by atoms with Gasteiger partial charge in [0, 0.05) is 50.4 Å². The molecule has 1 aromatic carbocycles. The number of nitrogens with zero attached hydrogens (tertiary/aromatic N) is 3. The third kappa shape index (κ3) is 5.22. The van der Waals surface area contributed by atoms with Gasteiger partial charge < -0.3 is 9.80 Å². The summed E-state index contributed by atoms with van der Waals surface area (Å²) in [6, 6.07) is 6.28. The van der Waals surface area contributed by atoms with E-state index in [1.54, 1.807) is 0 Å². The molecule has 31 heavy (non-hydrogen) atoms. The summed E-state index contributed by atoms with van der Waals surface area (Å²) in [6.07, 6.45) is -1.34. The molecule has 166 valence electrons. The van der Waals surface area contributed by atoms with Gasteiger partial charge in [0.05, 0.1) is 16.0 Å². The number of benzene rings is 1. The number of aromatic nitrogens is 1. The van der Waals surface area contributed by atoms with Crippen molar-refractivity contribution in [2.75, 3.05) is 32.4 Å². The molecule has 1 aliphatic heterocycles. The van der Waals surface area contributed by atoms with Crippen LogP contribution in [0.3, 0.4) is 0 Å². The number of alkyl halides is 3. The molecule has 7 nitrogen and oxygen atoms in total. The zero-order chi connectivity index (χ0) is 22.8. The maximum absolute atomic E-state index is 13.2. The average molecular weight is 455 g/mol. The summed E-state index contributed by atoms with van der Waals surface area (Å²) in [5.41, 5.74) is -1.28. The maximum atomic E-state index is 13.2. The molecule has 1 aromatic heterocycles. The Morgan fingerprint density at radius 1 is 0.935 bits per heavy atom. The fourth-order valence-electron chi connectivity index (χ4n) is 3.33. The molecule has 11 heteroatoms. The molecule has 2 heterocycles. The number of sulfone groups is 1. The van der Waals surface area contributed by atoms with Crippen molar-refractivity contribution >= 4 is 21.7 Å². The van der Waals surface area contributed by atoms with Gasteiger partial charge in [-0.2, -0.15) is 13.2 Å². The zero-order valence-electron chi connectivity index (χ0n) is 16.6. The number of hydrogen-bond acceptors (Lipinski definition) is 5. The van der Waals surface area contributed by atoms with Crippen molar-refractivity contribution in [2.45, 2.75) is 17.5 Å². The van der Waals surface area contributed by atoms with Crippen molar-refractivity contribution in [3.8, 4) is 0 Å². The highest BCUT2D eigenvalue weighted by Gasteiger charge is 2.36. The molecule has 2 amide bonds. The fourth-order valence-corrected chi connectivity index (χ4v) is 3.96. The highest BCUT2D eigenvalue weighted by molar-refractivity contribution is 7.90. The first-order chi connectivity index (χ1) is 14.5. The van der Waals surface area contributed by atoms with E-state index < -0.39 is 33.0 Å². The van der Waals surface area contributed by atoms with Crippen molar-refractivity contribution in [2.24, 2.45) is 0 Å². The normalized spacial score (nSPS) is 15.5. The van der Waals surface area contributed by atoms with E-state index >= 15 is 0 Å². The number of hydrogen-bond donors (Lipinski definition) is 0. The Morgan fingerprint density at radius 3 is 2.06 bits per heavy atom. The van der Waals surface area contributed by atoms with E-state index in [0.717, 1.165) is 24.7 Å². The SMILES string of the molecule is CS(=O)(=O)c1ccc(C(=O)N2CCCN(C(=O)c3cnccc3C(F)(F)F)CC2)cc1. The van der Waals surface area contributed by atoms with Crippen LogP contribution in [0.2, 0.25) is 0 Å². The van der Waals surface area contributed by atoms with Gasteiger partial charge in [0.15, 0.2) is 9.84 Å². The largest absolute Gasteiger partial charge is 0.417 e. The Balaban J connectivity index is 1.72. The van der Waals surface area contributed by atoms with Gasteiger partial charge >= 0.3 is 6.18 Å². The lowest BCUT2D eigenvalue weighted by Gasteiger charge is -2.23. The smallest absolute Gasteiger partial charge is 0.337 e. The summed E-state index contributed by atoms with van der Waals surface area (Å²) in [4.78, 5) is 32.0. The lowest BCUT2D eigenvalue weighted by molar-refractivity contribution is -0.138. The maximum Gasteiger partial charge on any atom is 0.417 e. The van der Waals surface area contributed by atoms with Crippen molar-refractivity contribution < 1.29 is 31.2 Å². The van der Waals surface area contributed by atoms with Crippen molar-refractivity contribution in [3.63, 3.8) is 0 Å². The van der Waals surface area contributed by atoms with Crippen LogP contribution in [-0.4, -0.2) is 67.5 Å². The minimum atomic E-state index is -4.68. The van der Waals surface area contributed by atoms with E-state index in [4.69, 9.17) is 0 Å². The van der Waals surface area contributed by atoms with E-state index in [9.17, 15) is 31.2 Å². The zero-order valence-corrected chi connectivity index (χ0v) is 17.4. The highest BCUT2D eigenvalue weighted by atomic mass is 32.2. The molecule has 0 bridgehead atoms. The molecule has 0 atom stereocenters. The summed E-state index contributed by atoms with van der Waals surface area (Å²) >= 11 is 0. The molecule has 3 rings (SSSR count). The molecular weight excluding hydrogens is 435 g/mol. The van der Waals surface area contributed by atoms with Crippen LogP contribution in [0.25, 0.3) is 0 Å². The van der Waals surface area contributed by atoms with Gasteiger partial charge in [-0.15, -0.1) is 0 Å².